The molecule has 9 heteroatoms. The summed E-state index contributed by atoms with van der Waals surface area (Å²) >= 11 is 0. The molecule has 4 aliphatic heterocycles. The van der Waals surface area contributed by atoms with Gasteiger partial charge in [0.05, 0.1) is 31.6 Å². The number of phenolic OH excluding ortho intramolecular Hbond substituents is 1. The number of aryl methyl sites for hydroxylation is 2. The van der Waals surface area contributed by atoms with Crippen LogP contribution in [0.2, 0.25) is 0 Å². The first-order valence-corrected chi connectivity index (χ1v) is 21.4. The van der Waals surface area contributed by atoms with Crippen molar-refractivity contribution in [3.05, 3.63) is 112 Å². The molecule has 4 aromatic rings. The van der Waals surface area contributed by atoms with E-state index in [1.807, 2.05) is 18.2 Å². The summed E-state index contributed by atoms with van der Waals surface area (Å²) in [5.74, 6) is 9.19. The van der Waals surface area contributed by atoms with Crippen molar-refractivity contribution in [1.29, 1.82) is 0 Å². The van der Waals surface area contributed by atoms with Crippen LogP contribution >= 0.6 is 0 Å². The number of dihydropyridines is 1. The molecule has 0 amide bonds. The molecule has 7 atom stereocenters. The van der Waals surface area contributed by atoms with E-state index in [1.54, 1.807) is 6.07 Å². The van der Waals surface area contributed by atoms with Crippen molar-refractivity contribution >= 4 is 16.6 Å². The number of aliphatic hydroxyl groups excluding tert-OH is 2. The molecule has 0 saturated carbocycles. The molecule has 1 saturated heterocycles. The number of rotatable bonds is 4. The summed E-state index contributed by atoms with van der Waals surface area (Å²) in [7, 11) is 0. The average molecular weight is 784 g/mol. The lowest BCUT2D eigenvalue weighted by molar-refractivity contribution is 0.00498. The summed E-state index contributed by atoms with van der Waals surface area (Å²) in [6.07, 6.45) is 13.0. The number of nitrogens with one attached hydrogen (secondary N) is 1. The van der Waals surface area contributed by atoms with Crippen LogP contribution in [0, 0.1) is 29.6 Å². The molecule has 304 valence electrons. The molecular formula is C49H57N3O6. The minimum Gasteiger partial charge on any atom is -0.504 e. The van der Waals surface area contributed by atoms with Crippen molar-refractivity contribution in [3.8, 4) is 23.3 Å². The van der Waals surface area contributed by atoms with Crippen LogP contribution in [0.5, 0.6) is 11.5 Å². The lowest BCUT2D eigenvalue weighted by Gasteiger charge is -2.49. The quantitative estimate of drug-likeness (QED) is 0.139. The van der Waals surface area contributed by atoms with Crippen molar-refractivity contribution in [2.24, 2.45) is 23.5 Å². The summed E-state index contributed by atoms with van der Waals surface area (Å²) in [4.78, 5) is 0. The van der Waals surface area contributed by atoms with E-state index in [2.05, 4.69) is 77.4 Å². The van der Waals surface area contributed by atoms with Gasteiger partial charge in [-0.25, -0.2) is 0 Å². The van der Waals surface area contributed by atoms with E-state index in [4.69, 9.17) is 19.9 Å². The van der Waals surface area contributed by atoms with Crippen LogP contribution in [0.25, 0.3) is 16.6 Å². The first-order valence-electron chi connectivity index (χ1n) is 21.4. The van der Waals surface area contributed by atoms with Gasteiger partial charge >= 0.3 is 0 Å². The second kappa shape index (κ2) is 16.6. The molecule has 0 spiro atoms. The van der Waals surface area contributed by atoms with Crippen LogP contribution in [0.4, 0.5) is 0 Å². The number of aromatic hydroxyl groups is 1. The Balaban J connectivity index is 1.23. The Morgan fingerprint density at radius 1 is 1.00 bits per heavy atom. The fraction of sp³-hybridized carbons (Fsp3) is 0.469. The number of aliphatic hydroxyl groups is 2. The minimum absolute atomic E-state index is 0.0903. The Labute approximate surface area is 341 Å². The highest BCUT2D eigenvalue weighted by Gasteiger charge is 2.47. The zero-order valence-corrected chi connectivity index (χ0v) is 33.6. The maximum atomic E-state index is 11.5. The van der Waals surface area contributed by atoms with Crippen LogP contribution in [-0.2, 0) is 34.3 Å². The summed E-state index contributed by atoms with van der Waals surface area (Å²) in [6.45, 7) is 4.32. The highest BCUT2D eigenvalue weighted by Crippen LogP contribution is 2.52. The van der Waals surface area contributed by atoms with Crippen molar-refractivity contribution in [2.45, 2.75) is 102 Å². The number of aromatic nitrogens is 1. The van der Waals surface area contributed by atoms with Gasteiger partial charge in [0, 0.05) is 58.9 Å². The molecule has 9 nitrogen and oxygen atoms in total. The van der Waals surface area contributed by atoms with Gasteiger partial charge in [-0.1, -0.05) is 55.2 Å². The van der Waals surface area contributed by atoms with Gasteiger partial charge in [-0.2, -0.15) is 0 Å². The monoisotopic (exact) mass is 783 g/mol. The second-order valence-electron chi connectivity index (χ2n) is 17.3. The number of hydrogen-bond donors (Lipinski definition) is 5. The molecular weight excluding hydrogens is 727 g/mol. The van der Waals surface area contributed by atoms with Crippen molar-refractivity contribution in [3.63, 3.8) is 0 Å². The third-order valence-electron chi connectivity index (χ3n) is 13.7. The van der Waals surface area contributed by atoms with Gasteiger partial charge in [-0.3, -0.25) is 0 Å². The Morgan fingerprint density at radius 3 is 2.79 bits per heavy atom. The first kappa shape index (κ1) is 38.9. The van der Waals surface area contributed by atoms with E-state index >= 15 is 0 Å². The van der Waals surface area contributed by atoms with Crippen LogP contribution in [0.15, 0.2) is 84.2 Å². The second-order valence-corrected chi connectivity index (χ2v) is 17.3. The molecule has 1 unspecified atom stereocenters. The van der Waals surface area contributed by atoms with Crippen LogP contribution < -0.4 is 15.8 Å². The molecule has 9 rings (SSSR count). The predicted octanol–water partition coefficient (Wildman–Crippen LogP) is 7.08. The predicted molar refractivity (Wildman–Crippen MR) is 226 cm³/mol. The van der Waals surface area contributed by atoms with Gasteiger partial charge in [-0.15, -0.1) is 0 Å². The molecule has 5 heterocycles. The standard InChI is InChI=1S/C49H57N3O6/c1-31-8-11-35-24-47(50)51-48-43(35)30-57-41(16-13-33(31)6-4-19-53)25-40(54)15-9-32-10-17-45(55)46(21-32)58-28-37-23-39(22-36-26-52(48)27-42(36)37)49-18-20-56-29-38(49)14-12-34-5-2-3-7-44(34)49/h2-3,5,7,10,17,21-24,26-27,31,33,38,40-41,47,51,53-55H,4,6,9,12-16,18-20,25,28-30,50H2,1H3/t31-,33-,38+,40+,41-,47?,49+/m0/s1. The van der Waals surface area contributed by atoms with Crippen LogP contribution in [-0.4, -0.2) is 64.7 Å². The van der Waals surface area contributed by atoms with Crippen molar-refractivity contribution < 1.29 is 29.5 Å². The number of benzene rings is 3. The molecule has 1 aliphatic carbocycles. The topological polar surface area (TPSA) is 131 Å². The fourth-order valence-corrected chi connectivity index (χ4v) is 10.5. The number of nitrogens with zero attached hydrogens (tertiary/aromatic N) is 1. The van der Waals surface area contributed by atoms with Gasteiger partial charge in [0.15, 0.2) is 11.5 Å². The molecule has 6 bridgehead atoms. The van der Waals surface area contributed by atoms with Crippen LogP contribution in [0.3, 0.4) is 0 Å². The molecule has 1 aromatic heterocycles. The van der Waals surface area contributed by atoms with Gasteiger partial charge in [0.2, 0.25) is 0 Å². The molecule has 1 fully saturated rings. The Morgan fingerprint density at radius 2 is 1.90 bits per heavy atom. The van der Waals surface area contributed by atoms with Gasteiger partial charge in [-0.05, 0) is 128 Å². The minimum atomic E-state index is -0.584. The molecule has 0 radical (unpaired) electrons. The number of ether oxygens (including phenoxy) is 3. The molecule has 5 aliphatic rings. The third-order valence-corrected chi connectivity index (χ3v) is 13.7. The Hall–Kier alpha value is -4.56. The van der Waals surface area contributed by atoms with Gasteiger partial charge in [0.1, 0.15) is 12.4 Å². The summed E-state index contributed by atoms with van der Waals surface area (Å²) in [6, 6.07) is 19.2. The largest absolute Gasteiger partial charge is 0.504 e. The summed E-state index contributed by atoms with van der Waals surface area (Å²) in [5, 5.41) is 37.9. The SMILES string of the molecule is C[C@H]1C#CC2=CC(N)NC3=C2CO[C@@H](CC[C@@H]1CCCO)C[C@H](O)CCc1ccc(O)c(c1)OCc1cc([C@@]24CCOC[C@H]2CCc2ccccc24)cc2cn3cc12. The summed E-state index contributed by atoms with van der Waals surface area (Å²) < 4.78 is 21.7. The normalized spacial score (nSPS) is 28.7. The van der Waals surface area contributed by atoms with E-state index in [-0.39, 0.29) is 42.3 Å². The van der Waals surface area contributed by atoms with Gasteiger partial charge < -0.3 is 45.1 Å². The average Bonchev–Trinajstić information content (AvgIpc) is 3.67. The van der Waals surface area contributed by atoms with Crippen molar-refractivity contribution in [2.75, 3.05) is 26.4 Å². The maximum absolute atomic E-state index is 11.5. The lowest BCUT2D eigenvalue weighted by atomic mass is 9.57. The first-order chi connectivity index (χ1) is 28.3. The van der Waals surface area contributed by atoms with E-state index in [0.29, 0.717) is 44.1 Å². The summed E-state index contributed by atoms with van der Waals surface area (Å²) in [5.41, 5.74) is 14.4. The van der Waals surface area contributed by atoms with Crippen LogP contribution in [0.1, 0.15) is 86.1 Å². The van der Waals surface area contributed by atoms with E-state index in [0.717, 1.165) is 90.4 Å². The molecule has 58 heavy (non-hydrogen) atoms. The third kappa shape index (κ3) is 7.58. The smallest absolute Gasteiger partial charge is 0.161 e. The van der Waals surface area contributed by atoms with Crippen molar-refractivity contribution in [1.82, 2.24) is 9.88 Å². The zero-order valence-electron chi connectivity index (χ0n) is 33.6. The number of phenols is 1. The lowest BCUT2D eigenvalue weighted by Crippen LogP contribution is -2.47. The zero-order chi connectivity index (χ0) is 39.8. The van der Waals surface area contributed by atoms with E-state index in [9.17, 15) is 15.3 Å². The van der Waals surface area contributed by atoms with E-state index < -0.39 is 12.3 Å². The highest BCUT2D eigenvalue weighted by molar-refractivity contribution is 5.88. The molecule has 6 N–H and O–H groups in total. The van der Waals surface area contributed by atoms with E-state index in [1.165, 1.54) is 16.7 Å². The fourth-order valence-electron chi connectivity index (χ4n) is 10.5. The maximum Gasteiger partial charge on any atom is 0.161 e. The van der Waals surface area contributed by atoms with Gasteiger partial charge in [0.25, 0.3) is 0 Å². The number of fused-ring (bicyclic) bond motifs is 9. The number of hydrogen-bond acceptors (Lipinski definition) is 8. The molecule has 3 aromatic carbocycles. The number of nitrogens with two attached hydrogens (primary N) is 1. The highest BCUT2D eigenvalue weighted by atomic mass is 16.5. The Bertz CT molecular complexity index is 2280. The Kier molecular flexibility index (Phi) is 11.1.